The van der Waals surface area contributed by atoms with Gasteiger partial charge in [-0.25, -0.2) is 15.0 Å². The molecule has 6 nitrogen and oxygen atoms in total. The fourth-order valence-electron chi connectivity index (χ4n) is 3.80. The van der Waals surface area contributed by atoms with Crippen LogP contribution in [0.25, 0.3) is 39.5 Å². The van der Waals surface area contributed by atoms with Gasteiger partial charge < -0.3 is 11.5 Å². The summed E-state index contributed by atoms with van der Waals surface area (Å²) in [4.78, 5) is 14.1. The Morgan fingerprint density at radius 2 is 1.55 bits per heavy atom. The molecule has 0 spiro atoms. The smallest absolute Gasteiger partial charge is 0.165 e. The zero-order valence-electron chi connectivity index (χ0n) is 18.4. The fourth-order valence-corrected chi connectivity index (χ4v) is 3.80. The van der Waals surface area contributed by atoms with Crippen molar-refractivity contribution in [3.8, 4) is 28.3 Å². The average molecular weight is 457 g/mol. The first-order valence-electron chi connectivity index (χ1n) is 10.5. The molecule has 7 heteroatoms. The number of hydrogen-bond acceptors (Lipinski definition) is 5. The van der Waals surface area contributed by atoms with Gasteiger partial charge in [0.05, 0.1) is 11.3 Å². The van der Waals surface area contributed by atoms with Gasteiger partial charge in [-0.3, -0.25) is 4.57 Å². The zero-order chi connectivity index (χ0) is 22.3. The molecule has 5 rings (SSSR count). The highest BCUT2D eigenvalue weighted by Crippen LogP contribution is 2.32. The Hall–Kier alpha value is -3.74. The zero-order valence-corrected chi connectivity index (χ0v) is 19.3. The molecule has 5 aromatic rings. The second-order valence-electron chi connectivity index (χ2n) is 8.38. The second kappa shape index (κ2) is 8.65. The SMILES string of the molecule is CC(C)(N)c1ccc(-n2c(-c3cccnc3N)nc3ccc(-c4ccccc4)nc32)cc1.Cl. The van der Waals surface area contributed by atoms with E-state index in [0.29, 0.717) is 11.6 Å². The molecule has 0 aliphatic rings. The van der Waals surface area contributed by atoms with Crippen molar-refractivity contribution >= 4 is 29.4 Å². The van der Waals surface area contributed by atoms with Crippen LogP contribution in [0.3, 0.4) is 0 Å². The Morgan fingerprint density at radius 1 is 0.818 bits per heavy atom. The van der Waals surface area contributed by atoms with Crippen LogP contribution in [-0.2, 0) is 5.54 Å². The molecule has 0 fully saturated rings. The van der Waals surface area contributed by atoms with Crippen molar-refractivity contribution in [1.29, 1.82) is 0 Å². The van der Waals surface area contributed by atoms with E-state index in [0.717, 1.165) is 39.2 Å². The van der Waals surface area contributed by atoms with Crippen LogP contribution >= 0.6 is 12.4 Å². The number of hydrogen-bond donors (Lipinski definition) is 2. The van der Waals surface area contributed by atoms with Crippen LogP contribution in [0.15, 0.2) is 85.1 Å². The van der Waals surface area contributed by atoms with Crippen LogP contribution in [0.2, 0.25) is 0 Å². The molecule has 0 saturated heterocycles. The molecule has 166 valence electrons. The van der Waals surface area contributed by atoms with Gasteiger partial charge in [0.25, 0.3) is 0 Å². The minimum atomic E-state index is -0.426. The highest BCUT2D eigenvalue weighted by Gasteiger charge is 2.20. The molecule has 0 unspecified atom stereocenters. The van der Waals surface area contributed by atoms with Gasteiger partial charge in [0.15, 0.2) is 11.5 Å². The first-order valence-corrected chi connectivity index (χ1v) is 10.5. The van der Waals surface area contributed by atoms with Crippen molar-refractivity contribution < 1.29 is 0 Å². The number of benzene rings is 2. The van der Waals surface area contributed by atoms with Crippen molar-refractivity contribution in [2.24, 2.45) is 5.73 Å². The van der Waals surface area contributed by atoms with E-state index in [1.807, 2.05) is 97.3 Å². The van der Waals surface area contributed by atoms with Crippen LogP contribution in [0.4, 0.5) is 5.82 Å². The van der Waals surface area contributed by atoms with Crippen molar-refractivity contribution in [3.63, 3.8) is 0 Å². The number of fused-ring (bicyclic) bond motifs is 1. The topological polar surface area (TPSA) is 95.6 Å². The number of nitrogen functional groups attached to an aromatic ring is 1. The normalized spacial score (nSPS) is 11.4. The van der Waals surface area contributed by atoms with Gasteiger partial charge in [-0.15, -0.1) is 12.4 Å². The van der Waals surface area contributed by atoms with Gasteiger partial charge in [0.1, 0.15) is 11.3 Å². The largest absolute Gasteiger partial charge is 0.383 e. The molecule has 0 radical (unpaired) electrons. The average Bonchev–Trinajstić information content (AvgIpc) is 3.18. The lowest BCUT2D eigenvalue weighted by Crippen LogP contribution is -2.28. The summed E-state index contributed by atoms with van der Waals surface area (Å²) in [5, 5.41) is 0. The Bertz CT molecular complexity index is 1400. The second-order valence-corrected chi connectivity index (χ2v) is 8.38. The standard InChI is InChI=1S/C26H24N6.ClH/c1-26(2,28)18-10-12-19(13-11-18)32-24(20-9-6-16-29-23(20)27)31-22-15-14-21(30-25(22)32)17-7-4-3-5-8-17;/h3-16H,28H2,1-2H3,(H2,27,29);1H. The lowest BCUT2D eigenvalue weighted by molar-refractivity contribution is 0.554. The van der Waals surface area contributed by atoms with Crippen molar-refractivity contribution in [2.75, 3.05) is 5.73 Å². The summed E-state index contributed by atoms with van der Waals surface area (Å²) < 4.78 is 2.03. The van der Waals surface area contributed by atoms with Crippen LogP contribution in [0.5, 0.6) is 0 Å². The minimum Gasteiger partial charge on any atom is -0.383 e. The van der Waals surface area contributed by atoms with E-state index in [9.17, 15) is 0 Å². The number of nitrogens with two attached hydrogens (primary N) is 2. The van der Waals surface area contributed by atoms with Crippen molar-refractivity contribution in [1.82, 2.24) is 19.5 Å². The van der Waals surface area contributed by atoms with E-state index in [1.54, 1.807) is 6.20 Å². The lowest BCUT2D eigenvalue weighted by atomic mass is 9.95. The number of halogens is 1. The monoisotopic (exact) mass is 456 g/mol. The van der Waals surface area contributed by atoms with Gasteiger partial charge in [0, 0.05) is 23.0 Å². The Kier molecular flexibility index (Phi) is 5.89. The van der Waals surface area contributed by atoms with Gasteiger partial charge in [0.2, 0.25) is 0 Å². The molecule has 0 saturated carbocycles. The molecule has 2 aromatic carbocycles. The predicted octanol–water partition coefficient (Wildman–Crippen LogP) is 5.35. The van der Waals surface area contributed by atoms with Crippen LogP contribution in [0.1, 0.15) is 19.4 Å². The maximum Gasteiger partial charge on any atom is 0.165 e. The summed E-state index contributed by atoms with van der Waals surface area (Å²) in [6, 6.07) is 26.0. The first-order chi connectivity index (χ1) is 15.4. The summed E-state index contributed by atoms with van der Waals surface area (Å²) in [7, 11) is 0. The third kappa shape index (κ3) is 4.18. The molecule has 4 N–H and O–H groups in total. The molecule has 0 aliphatic carbocycles. The molecule has 0 amide bonds. The molecular formula is C26H25ClN6. The molecular weight excluding hydrogens is 432 g/mol. The maximum atomic E-state index is 6.28. The Labute approximate surface area is 198 Å². The van der Waals surface area contributed by atoms with E-state index >= 15 is 0 Å². The summed E-state index contributed by atoms with van der Waals surface area (Å²) in [6.07, 6.45) is 1.68. The van der Waals surface area contributed by atoms with Gasteiger partial charge in [-0.2, -0.15) is 0 Å². The number of imidazole rings is 1. The summed E-state index contributed by atoms with van der Waals surface area (Å²) in [5.74, 6) is 1.12. The van der Waals surface area contributed by atoms with E-state index in [2.05, 4.69) is 4.98 Å². The number of aromatic nitrogens is 4. The molecule has 0 bridgehead atoms. The van der Waals surface area contributed by atoms with Crippen molar-refractivity contribution in [2.45, 2.75) is 19.4 Å². The van der Waals surface area contributed by atoms with E-state index in [-0.39, 0.29) is 12.4 Å². The van der Waals surface area contributed by atoms with Crippen LogP contribution < -0.4 is 11.5 Å². The number of anilines is 1. The maximum absolute atomic E-state index is 6.28. The van der Waals surface area contributed by atoms with Crippen molar-refractivity contribution in [3.05, 3.63) is 90.6 Å². The van der Waals surface area contributed by atoms with E-state index in [1.165, 1.54) is 0 Å². The minimum absolute atomic E-state index is 0. The highest BCUT2D eigenvalue weighted by molar-refractivity contribution is 5.85. The molecule has 0 atom stereocenters. The van der Waals surface area contributed by atoms with Gasteiger partial charge >= 0.3 is 0 Å². The number of pyridine rings is 2. The first kappa shape index (κ1) is 22.5. The quantitative estimate of drug-likeness (QED) is 0.380. The highest BCUT2D eigenvalue weighted by atomic mass is 35.5. The third-order valence-corrected chi connectivity index (χ3v) is 5.52. The molecule has 33 heavy (non-hydrogen) atoms. The molecule has 3 heterocycles. The van der Waals surface area contributed by atoms with Crippen LogP contribution in [-0.4, -0.2) is 19.5 Å². The van der Waals surface area contributed by atoms with Gasteiger partial charge in [-0.1, -0.05) is 42.5 Å². The van der Waals surface area contributed by atoms with Gasteiger partial charge in [-0.05, 0) is 55.8 Å². The number of nitrogens with zero attached hydrogens (tertiary/aromatic N) is 4. The molecule has 0 aliphatic heterocycles. The Balaban J connectivity index is 0.00000259. The molecule has 3 aromatic heterocycles. The number of rotatable bonds is 4. The third-order valence-electron chi connectivity index (χ3n) is 5.52. The van der Waals surface area contributed by atoms with E-state index < -0.39 is 5.54 Å². The summed E-state index contributed by atoms with van der Waals surface area (Å²) in [5.41, 5.74) is 18.3. The summed E-state index contributed by atoms with van der Waals surface area (Å²) >= 11 is 0. The van der Waals surface area contributed by atoms with E-state index in [4.69, 9.17) is 21.4 Å². The lowest BCUT2D eigenvalue weighted by Gasteiger charge is -2.19. The van der Waals surface area contributed by atoms with Crippen LogP contribution in [0, 0.1) is 0 Å². The summed E-state index contributed by atoms with van der Waals surface area (Å²) in [6.45, 7) is 3.98. The fraction of sp³-hybridized carbons (Fsp3) is 0.115. The Morgan fingerprint density at radius 3 is 2.21 bits per heavy atom. The predicted molar refractivity (Wildman–Crippen MR) is 136 cm³/mol.